The van der Waals surface area contributed by atoms with Crippen LogP contribution in [0.25, 0.3) is 0 Å². The van der Waals surface area contributed by atoms with Gasteiger partial charge in [0.2, 0.25) is 0 Å². The quantitative estimate of drug-likeness (QED) is 0.321. The van der Waals surface area contributed by atoms with Crippen molar-refractivity contribution in [2.24, 2.45) is 5.41 Å². The van der Waals surface area contributed by atoms with Gasteiger partial charge in [0.15, 0.2) is 0 Å². The molecule has 0 aromatic rings. The molecule has 0 N–H and O–H groups in total. The molecular weight excluding hydrogens is 267 g/mol. The lowest BCUT2D eigenvalue weighted by Crippen LogP contribution is -2.66. The molecule has 0 saturated heterocycles. The molecule has 0 aliphatic heterocycles. The van der Waals surface area contributed by atoms with Crippen LogP contribution in [0.2, 0.25) is 0 Å². The SMILES string of the molecule is CCCC1(C)C(F)(N(F)F)C=CC(F)(F)C1(F)F. The first kappa shape index (κ1) is 15.3. The van der Waals surface area contributed by atoms with Crippen LogP contribution in [-0.2, 0) is 0 Å². The number of hydrogen-bond donors (Lipinski definition) is 0. The predicted octanol–water partition coefficient (Wildman–Crippen LogP) is 4.37. The van der Waals surface area contributed by atoms with Crippen LogP contribution in [0, 0.1) is 5.41 Å². The summed E-state index contributed by atoms with van der Waals surface area (Å²) in [6, 6.07) is 0. The van der Waals surface area contributed by atoms with Crippen LogP contribution in [0.15, 0.2) is 12.2 Å². The summed E-state index contributed by atoms with van der Waals surface area (Å²) in [5.41, 5.74) is -3.23. The largest absolute Gasteiger partial charge is 0.329 e. The average molecular weight is 279 g/mol. The van der Waals surface area contributed by atoms with Crippen molar-refractivity contribution in [3.05, 3.63) is 12.2 Å². The van der Waals surface area contributed by atoms with Gasteiger partial charge in [-0.2, -0.15) is 17.6 Å². The fourth-order valence-corrected chi connectivity index (χ4v) is 2.17. The second-order valence-electron chi connectivity index (χ2n) is 4.52. The summed E-state index contributed by atoms with van der Waals surface area (Å²) in [6.45, 7) is 1.72. The van der Waals surface area contributed by atoms with Gasteiger partial charge in [-0.15, -0.1) is 0 Å². The van der Waals surface area contributed by atoms with E-state index in [4.69, 9.17) is 0 Å². The Morgan fingerprint density at radius 3 is 1.89 bits per heavy atom. The molecule has 1 nitrogen and oxygen atoms in total. The second kappa shape index (κ2) is 4.11. The third-order valence-corrected chi connectivity index (χ3v) is 3.40. The van der Waals surface area contributed by atoms with E-state index >= 15 is 0 Å². The van der Waals surface area contributed by atoms with Crippen molar-refractivity contribution in [3.63, 3.8) is 0 Å². The van der Waals surface area contributed by atoms with Crippen molar-refractivity contribution in [1.82, 2.24) is 5.34 Å². The molecule has 0 saturated carbocycles. The van der Waals surface area contributed by atoms with Gasteiger partial charge < -0.3 is 0 Å². The van der Waals surface area contributed by atoms with E-state index in [0.29, 0.717) is 6.92 Å². The highest BCUT2D eigenvalue weighted by molar-refractivity contribution is 5.25. The minimum absolute atomic E-state index is 0.143. The number of rotatable bonds is 3. The highest BCUT2D eigenvalue weighted by Crippen LogP contribution is 2.61. The first-order valence-electron chi connectivity index (χ1n) is 5.23. The minimum Gasteiger partial charge on any atom is -0.215 e. The molecule has 106 valence electrons. The van der Waals surface area contributed by atoms with Crippen molar-refractivity contribution >= 4 is 0 Å². The lowest BCUT2D eigenvalue weighted by atomic mass is 9.66. The van der Waals surface area contributed by atoms with Gasteiger partial charge in [-0.05, 0) is 25.5 Å². The number of hydrogen-bond acceptors (Lipinski definition) is 1. The zero-order valence-electron chi connectivity index (χ0n) is 9.66. The Bertz CT molecular complexity index is 354. The van der Waals surface area contributed by atoms with E-state index in [-0.39, 0.29) is 12.5 Å². The fourth-order valence-electron chi connectivity index (χ4n) is 2.17. The minimum atomic E-state index is -4.92. The summed E-state index contributed by atoms with van der Waals surface area (Å²) in [5.74, 6) is -13.5. The third-order valence-electron chi connectivity index (χ3n) is 3.40. The maximum atomic E-state index is 14.0. The summed E-state index contributed by atoms with van der Waals surface area (Å²) in [6.07, 6.45) is -1.66. The van der Waals surface area contributed by atoms with Gasteiger partial charge in [-0.1, -0.05) is 22.3 Å². The smallest absolute Gasteiger partial charge is 0.215 e. The fraction of sp³-hybridized carbons (Fsp3) is 0.800. The summed E-state index contributed by atoms with van der Waals surface area (Å²) in [5, 5.41) is -2.08. The van der Waals surface area contributed by atoms with Crippen molar-refractivity contribution < 1.29 is 30.9 Å². The van der Waals surface area contributed by atoms with E-state index in [1.54, 1.807) is 0 Å². The van der Waals surface area contributed by atoms with E-state index < -0.39 is 40.9 Å². The van der Waals surface area contributed by atoms with Crippen molar-refractivity contribution in [2.45, 2.75) is 44.3 Å². The van der Waals surface area contributed by atoms with Crippen LogP contribution < -0.4 is 0 Å². The van der Waals surface area contributed by atoms with Gasteiger partial charge in [-0.3, -0.25) is 0 Å². The summed E-state index contributed by atoms with van der Waals surface area (Å²) in [7, 11) is 0. The first-order chi connectivity index (χ1) is 7.96. The normalized spacial score (nSPS) is 38.1. The molecule has 1 aliphatic carbocycles. The Labute approximate surface area is 99.1 Å². The summed E-state index contributed by atoms with van der Waals surface area (Å²) in [4.78, 5) is 0. The summed E-state index contributed by atoms with van der Waals surface area (Å²) >= 11 is 0. The van der Waals surface area contributed by atoms with Gasteiger partial charge in [0.1, 0.15) is 0 Å². The number of alkyl halides is 5. The van der Waals surface area contributed by atoms with Crippen LogP contribution in [-0.4, -0.2) is 23.0 Å². The average Bonchev–Trinajstić information content (AvgIpc) is 2.23. The number of halogens is 7. The Hall–Kier alpha value is -0.790. The van der Waals surface area contributed by atoms with E-state index in [2.05, 4.69) is 0 Å². The first-order valence-corrected chi connectivity index (χ1v) is 5.23. The van der Waals surface area contributed by atoms with Crippen LogP contribution in [0.4, 0.5) is 30.9 Å². The molecule has 8 heteroatoms. The Kier molecular flexibility index (Phi) is 3.49. The Morgan fingerprint density at radius 2 is 1.50 bits per heavy atom. The number of allylic oxidation sites excluding steroid dienone is 1. The van der Waals surface area contributed by atoms with Gasteiger partial charge in [0.25, 0.3) is 5.79 Å². The number of nitrogens with zero attached hydrogens (tertiary/aromatic N) is 1. The van der Waals surface area contributed by atoms with Crippen LogP contribution in [0.3, 0.4) is 0 Å². The zero-order valence-corrected chi connectivity index (χ0v) is 9.66. The van der Waals surface area contributed by atoms with Gasteiger partial charge in [0, 0.05) is 0 Å². The molecule has 0 aromatic carbocycles. The van der Waals surface area contributed by atoms with Crippen LogP contribution in [0.1, 0.15) is 26.7 Å². The van der Waals surface area contributed by atoms with Crippen molar-refractivity contribution in [1.29, 1.82) is 0 Å². The highest BCUT2D eigenvalue weighted by atomic mass is 19.4. The molecule has 0 radical (unpaired) electrons. The molecule has 0 heterocycles. The molecule has 0 fully saturated rings. The van der Waals surface area contributed by atoms with Gasteiger partial charge >= 0.3 is 11.8 Å². The topological polar surface area (TPSA) is 3.24 Å². The molecule has 0 spiro atoms. The maximum Gasteiger partial charge on any atom is 0.329 e. The van der Waals surface area contributed by atoms with E-state index in [0.717, 1.165) is 0 Å². The zero-order chi connectivity index (χ0) is 14.4. The van der Waals surface area contributed by atoms with E-state index in [9.17, 15) is 30.9 Å². The monoisotopic (exact) mass is 279 g/mol. The van der Waals surface area contributed by atoms with Crippen LogP contribution in [0.5, 0.6) is 0 Å². The third kappa shape index (κ3) is 1.64. The Balaban J connectivity index is 3.49. The Morgan fingerprint density at radius 1 is 1.00 bits per heavy atom. The molecule has 2 atom stereocenters. The molecule has 18 heavy (non-hydrogen) atoms. The predicted molar refractivity (Wildman–Crippen MR) is 49.9 cm³/mol. The summed E-state index contributed by atoms with van der Waals surface area (Å²) < 4.78 is 92.8. The molecule has 0 amide bonds. The lowest BCUT2D eigenvalue weighted by molar-refractivity contribution is -0.364. The maximum absolute atomic E-state index is 14.0. The van der Waals surface area contributed by atoms with E-state index in [1.807, 2.05) is 0 Å². The van der Waals surface area contributed by atoms with Crippen molar-refractivity contribution in [3.8, 4) is 0 Å². The molecule has 2 unspecified atom stereocenters. The molecule has 1 rings (SSSR count). The van der Waals surface area contributed by atoms with E-state index in [1.165, 1.54) is 6.92 Å². The molecule has 0 aromatic heterocycles. The molecular formula is C10H12F7N. The standard InChI is InChI=1S/C10H12F7N/c1-3-4-7(2)9(13,18(16)17)6-5-8(11,12)10(7,14)15/h5-6H,3-4H2,1-2H3. The lowest BCUT2D eigenvalue weighted by Gasteiger charge is -2.49. The van der Waals surface area contributed by atoms with Gasteiger partial charge in [0.05, 0.1) is 10.8 Å². The second-order valence-corrected chi connectivity index (χ2v) is 4.52. The van der Waals surface area contributed by atoms with Crippen LogP contribution >= 0.6 is 0 Å². The molecule has 1 aliphatic rings. The van der Waals surface area contributed by atoms with Crippen molar-refractivity contribution in [2.75, 3.05) is 0 Å². The highest BCUT2D eigenvalue weighted by Gasteiger charge is 2.76. The molecule has 0 bridgehead atoms. The van der Waals surface area contributed by atoms with Gasteiger partial charge in [-0.25, -0.2) is 4.39 Å².